The fourth-order valence-corrected chi connectivity index (χ4v) is 2.88. The highest BCUT2D eigenvalue weighted by Crippen LogP contribution is 2.27. The molecule has 0 aliphatic carbocycles. The molecule has 1 heterocycles. The van der Waals surface area contributed by atoms with Crippen LogP contribution in [0.25, 0.3) is 0 Å². The first-order valence-electron chi connectivity index (χ1n) is 5.34. The molecule has 0 bridgehead atoms. The van der Waals surface area contributed by atoms with E-state index < -0.39 is 0 Å². The topological polar surface area (TPSA) is 17.1 Å². The Morgan fingerprint density at radius 3 is 2.77 bits per heavy atom. The molecule has 1 atom stereocenters. The molecule has 1 aliphatic rings. The number of rotatable bonds is 4. The second-order valence-electron chi connectivity index (χ2n) is 4.25. The molecule has 76 valence electrons. The third kappa shape index (κ3) is 4.17. The molecule has 1 unspecified atom stereocenters. The van der Waals surface area contributed by atoms with Crippen LogP contribution >= 0.6 is 11.8 Å². The Morgan fingerprint density at radius 2 is 2.23 bits per heavy atom. The van der Waals surface area contributed by atoms with E-state index in [0.717, 1.165) is 19.3 Å². The van der Waals surface area contributed by atoms with Crippen molar-refractivity contribution in [2.75, 3.05) is 5.75 Å². The molecule has 0 amide bonds. The molecule has 0 spiro atoms. The van der Waals surface area contributed by atoms with Gasteiger partial charge in [0.05, 0.1) is 5.25 Å². The third-order valence-electron chi connectivity index (χ3n) is 2.51. The molecule has 1 fully saturated rings. The predicted molar refractivity (Wildman–Crippen MR) is 59.2 cm³/mol. The van der Waals surface area contributed by atoms with E-state index in [1.165, 1.54) is 18.6 Å². The van der Waals surface area contributed by atoms with E-state index in [1.54, 1.807) is 0 Å². The van der Waals surface area contributed by atoms with Crippen molar-refractivity contribution in [3.05, 3.63) is 0 Å². The lowest BCUT2D eigenvalue weighted by Crippen LogP contribution is -2.20. The van der Waals surface area contributed by atoms with E-state index in [1.807, 2.05) is 11.8 Å². The zero-order valence-corrected chi connectivity index (χ0v) is 9.53. The summed E-state index contributed by atoms with van der Waals surface area (Å²) in [5.74, 6) is 2.36. The largest absolute Gasteiger partial charge is 0.298 e. The Balaban J connectivity index is 2.21. The second kappa shape index (κ2) is 5.69. The van der Waals surface area contributed by atoms with E-state index in [2.05, 4.69) is 13.8 Å². The van der Waals surface area contributed by atoms with Crippen molar-refractivity contribution in [3.63, 3.8) is 0 Å². The van der Waals surface area contributed by atoms with Crippen molar-refractivity contribution >= 4 is 17.5 Å². The van der Waals surface area contributed by atoms with Crippen molar-refractivity contribution in [1.82, 2.24) is 0 Å². The number of hydrogen-bond donors (Lipinski definition) is 0. The molecule has 1 saturated heterocycles. The summed E-state index contributed by atoms with van der Waals surface area (Å²) in [5.41, 5.74) is 0. The zero-order valence-electron chi connectivity index (χ0n) is 8.71. The van der Waals surface area contributed by atoms with E-state index in [9.17, 15) is 4.79 Å². The molecule has 0 aromatic rings. The number of Topliss-reactive ketones (excluding diaryl/α,β-unsaturated/α-hetero) is 1. The normalized spacial score (nSPS) is 23.5. The zero-order chi connectivity index (χ0) is 9.68. The van der Waals surface area contributed by atoms with Gasteiger partial charge in [0.15, 0.2) is 0 Å². The number of hydrogen-bond acceptors (Lipinski definition) is 2. The molecule has 13 heavy (non-hydrogen) atoms. The van der Waals surface area contributed by atoms with E-state index in [4.69, 9.17) is 0 Å². The standard InChI is InChI=1S/C11H20OS/c1-9(2)6-7-10(12)11-5-3-4-8-13-11/h9,11H,3-8H2,1-2H3. The first kappa shape index (κ1) is 11.1. The Bertz CT molecular complexity index is 159. The van der Waals surface area contributed by atoms with Gasteiger partial charge in [0.25, 0.3) is 0 Å². The average molecular weight is 200 g/mol. The Morgan fingerprint density at radius 1 is 1.46 bits per heavy atom. The van der Waals surface area contributed by atoms with Crippen LogP contribution in [0.2, 0.25) is 0 Å². The minimum absolute atomic E-state index is 0.340. The summed E-state index contributed by atoms with van der Waals surface area (Å²) in [5, 5.41) is 0.340. The third-order valence-corrected chi connectivity index (χ3v) is 3.93. The van der Waals surface area contributed by atoms with E-state index in [-0.39, 0.29) is 0 Å². The maximum absolute atomic E-state index is 11.7. The molecule has 2 heteroatoms. The molecule has 0 N–H and O–H groups in total. The van der Waals surface area contributed by atoms with Crippen molar-refractivity contribution in [2.45, 2.75) is 51.2 Å². The lowest BCUT2D eigenvalue weighted by Gasteiger charge is -2.20. The molecule has 1 nitrogen and oxygen atoms in total. The summed E-state index contributed by atoms with van der Waals surface area (Å²) >= 11 is 1.87. The van der Waals surface area contributed by atoms with Crippen LogP contribution in [-0.4, -0.2) is 16.8 Å². The van der Waals surface area contributed by atoms with Crippen molar-refractivity contribution in [2.24, 2.45) is 5.92 Å². The highest BCUT2D eigenvalue weighted by Gasteiger charge is 2.20. The predicted octanol–water partition coefficient (Wildman–Crippen LogP) is 3.28. The molecule has 1 aliphatic heterocycles. The highest BCUT2D eigenvalue weighted by molar-refractivity contribution is 8.00. The first-order valence-corrected chi connectivity index (χ1v) is 6.39. The fourth-order valence-electron chi connectivity index (χ4n) is 1.59. The monoisotopic (exact) mass is 200 g/mol. The summed E-state index contributed by atoms with van der Waals surface area (Å²) < 4.78 is 0. The summed E-state index contributed by atoms with van der Waals surface area (Å²) in [6, 6.07) is 0. The minimum atomic E-state index is 0.340. The van der Waals surface area contributed by atoms with Gasteiger partial charge >= 0.3 is 0 Å². The lowest BCUT2D eigenvalue weighted by atomic mass is 10.0. The van der Waals surface area contributed by atoms with Crippen LogP contribution in [0.1, 0.15) is 46.0 Å². The Kier molecular flexibility index (Phi) is 4.86. The Labute approximate surface area is 85.7 Å². The number of carbonyl (C=O) groups is 1. The maximum Gasteiger partial charge on any atom is 0.145 e. The SMILES string of the molecule is CC(C)CCC(=O)C1CCCCS1. The summed E-state index contributed by atoms with van der Waals surface area (Å²) in [6.45, 7) is 4.36. The molecule has 0 saturated carbocycles. The van der Waals surface area contributed by atoms with Gasteiger partial charge in [-0.2, -0.15) is 11.8 Å². The van der Waals surface area contributed by atoms with E-state index in [0.29, 0.717) is 17.0 Å². The van der Waals surface area contributed by atoms with Crippen LogP contribution in [0.3, 0.4) is 0 Å². The van der Waals surface area contributed by atoms with Gasteiger partial charge in [0.1, 0.15) is 5.78 Å². The molecular weight excluding hydrogens is 180 g/mol. The van der Waals surface area contributed by atoms with Crippen LogP contribution in [0.4, 0.5) is 0 Å². The molecular formula is C11H20OS. The minimum Gasteiger partial charge on any atom is -0.298 e. The summed E-state index contributed by atoms with van der Waals surface area (Å²) in [7, 11) is 0. The number of thioether (sulfide) groups is 1. The lowest BCUT2D eigenvalue weighted by molar-refractivity contribution is -0.119. The fraction of sp³-hybridized carbons (Fsp3) is 0.909. The van der Waals surface area contributed by atoms with Gasteiger partial charge in [-0.3, -0.25) is 4.79 Å². The van der Waals surface area contributed by atoms with Crippen LogP contribution in [0, 0.1) is 5.92 Å². The van der Waals surface area contributed by atoms with Crippen molar-refractivity contribution < 1.29 is 4.79 Å². The van der Waals surface area contributed by atoms with Crippen LogP contribution in [0.15, 0.2) is 0 Å². The Hall–Kier alpha value is 0.0200. The smallest absolute Gasteiger partial charge is 0.145 e. The van der Waals surface area contributed by atoms with Crippen LogP contribution in [-0.2, 0) is 4.79 Å². The number of carbonyl (C=O) groups excluding carboxylic acids is 1. The van der Waals surface area contributed by atoms with Gasteiger partial charge in [-0.15, -0.1) is 0 Å². The highest BCUT2D eigenvalue weighted by atomic mass is 32.2. The van der Waals surface area contributed by atoms with Crippen LogP contribution in [0.5, 0.6) is 0 Å². The molecule has 1 rings (SSSR count). The van der Waals surface area contributed by atoms with Crippen LogP contribution < -0.4 is 0 Å². The van der Waals surface area contributed by atoms with E-state index >= 15 is 0 Å². The number of ketones is 1. The summed E-state index contributed by atoms with van der Waals surface area (Å²) in [6.07, 6.45) is 5.55. The average Bonchev–Trinajstić information content (AvgIpc) is 2.15. The molecule has 0 radical (unpaired) electrons. The van der Waals surface area contributed by atoms with Gasteiger partial charge < -0.3 is 0 Å². The summed E-state index contributed by atoms with van der Waals surface area (Å²) in [4.78, 5) is 11.7. The quantitative estimate of drug-likeness (QED) is 0.693. The first-order chi connectivity index (χ1) is 6.20. The van der Waals surface area contributed by atoms with Gasteiger partial charge in [-0.25, -0.2) is 0 Å². The van der Waals surface area contributed by atoms with Gasteiger partial charge in [-0.05, 0) is 30.9 Å². The molecule has 0 aromatic carbocycles. The van der Waals surface area contributed by atoms with Gasteiger partial charge in [-0.1, -0.05) is 20.3 Å². The van der Waals surface area contributed by atoms with Crippen molar-refractivity contribution in [3.8, 4) is 0 Å². The maximum atomic E-state index is 11.7. The van der Waals surface area contributed by atoms with Gasteiger partial charge in [0.2, 0.25) is 0 Å². The van der Waals surface area contributed by atoms with Crippen molar-refractivity contribution in [1.29, 1.82) is 0 Å². The second-order valence-corrected chi connectivity index (χ2v) is 5.56. The molecule has 0 aromatic heterocycles. The van der Waals surface area contributed by atoms with Gasteiger partial charge in [0, 0.05) is 6.42 Å².